The Balaban J connectivity index is 1.57. The van der Waals surface area contributed by atoms with Crippen molar-refractivity contribution in [2.24, 2.45) is 5.92 Å². The number of carbonyl (C=O) groups excluding carboxylic acids is 4. The molecule has 188 valence electrons. The summed E-state index contributed by atoms with van der Waals surface area (Å²) in [7, 11) is 0. The number of hydrogen-bond donors (Lipinski definition) is 1. The molecule has 0 saturated heterocycles. The Bertz CT molecular complexity index is 1580. The molecule has 0 saturated carbocycles. The predicted octanol–water partition coefficient (Wildman–Crippen LogP) is 6.58. The summed E-state index contributed by atoms with van der Waals surface area (Å²) in [6, 6.07) is 26.8. The number of esters is 1. The van der Waals surface area contributed by atoms with E-state index >= 15 is 0 Å². The van der Waals surface area contributed by atoms with E-state index in [2.05, 4.69) is 5.32 Å². The van der Waals surface area contributed by atoms with Crippen LogP contribution in [0.25, 0.3) is 11.1 Å². The molecule has 5 rings (SSSR count). The molecular formula is C30H19Cl2NO5. The van der Waals surface area contributed by atoms with Gasteiger partial charge in [0.15, 0.2) is 5.78 Å². The fraction of sp³-hybridized carbons (Fsp3) is 0.0667. The van der Waals surface area contributed by atoms with Crippen molar-refractivity contribution in [3.05, 3.63) is 124 Å². The van der Waals surface area contributed by atoms with Gasteiger partial charge < -0.3 is 10.1 Å². The largest absolute Gasteiger partial charge is 0.453 e. The minimum atomic E-state index is -1.63. The van der Waals surface area contributed by atoms with E-state index in [1.54, 1.807) is 48.5 Å². The molecule has 1 aliphatic heterocycles. The van der Waals surface area contributed by atoms with Crippen molar-refractivity contribution >= 4 is 52.3 Å². The first-order chi connectivity index (χ1) is 18.3. The highest BCUT2D eigenvalue weighted by molar-refractivity contribution is 6.46. The van der Waals surface area contributed by atoms with Crippen LogP contribution in [0.1, 0.15) is 32.4 Å². The summed E-state index contributed by atoms with van der Waals surface area (Å²) in [5.74, 6) is -5.06. The Kier molecular flexibility index (Phi) is 7.09. The van der Waals surface area contributed by atoms with Crippen LogP contribution in [0.3, 0.4) is 0 Å². The molecule has 0 bridgehead atoms. The molecule has 4 aromatic carbocycles. The molecule has 0 aromatic heterocycles. The highest BCUT2D eigenvalue weighted by Crippen LogP contribution is 2.39. The monoisotopic (exact) mass is 543 g/mol. The van der Waals surface area contributed by atoms with Crippen LogP contribution >= 0.6 is 23.2 Å². The van der Waals surface area contributed by atoms with Gasteiger partial charge in [0, 0.05) is 16.8 Å². The van der Waals surface area contributed by atoms with Crippen LogP contribution in [0.2, 0.25) is 10.0 Å². The Labute approximate surface area is 228 Å². The first-order valence-corrected chi connectivity index (χ1v) is 12.4. The van der Waals surface area contributed by atoms with Crippen LogP contribution < -0.4 is 5.32 Å². The maximum atomic E-state index is 14.1. The number of ether oxygens (including phenoxy) is 1. The quantitative estimate of drug-likeness (QED) is 0.123. The number of nitrogens with one attached hydrogen (secondary N) is 1. The van der Waals surface area contributed by atoms with Crippen molar-refractivity contribution in [2.75, 3.05) is 5.32 Å². The number of Topliss-reactive ketones (excluding diaryl/α,β-unsaturated/α-hetero) is 2. The van der Waals surface area contributed by atoms with E-state index in [1.807, 2.05) is 30.3 Å². The fourth-order valence-electron chi connectivity index (χ4n) is 4.46. The van der Waals surface area contributed by atoms with Crippen molar-refractivity contribution in [3.8, 4) is 11.1 Å². The lowest BCUT2D eigenvalue weighted by Crippen LogP contribution is -2.38. The molecule has 6 nitrogen and oxygen atoms in total. The molecule has 1 aliphatic rings. The molecule has 0 fully saturated rings. The summed E-state index contributed by atoms with van der Waals surface area (Å²) < 4.78 is 5.54. The molecule has 4 aromatic rings. The lowest BCUT2D eigenvalue weighted by molar-refractivity contribution is -0.138. The minimum absolute atomic E-state index is 0.181. The number of fused-ring (bicyclic) bond motifs is 1. The number of halogens is 2. The van der Waals surface area contributed by atoms with E-state index < -0.39 is 35.5 Å². The van der Waals surface area contributed by atoms with Crippen molar-refractivity contribution in [1.82, 2.24) is 0 Å². The highest BCUT2D eigenvalue weighted by atomic mass is 35.5. The molecule has 0 spiro atoms. The second-order valence-corrected chi connectivity index (χ2v) is 9.43. The zero-order valence-corrected chi connectivity index (χ0v) is 21.2. The van der Waals surface area contributed by atoms with Gasteiger partial charge in [-0.1, -0.05) is 96.0 Å². The van der Waals surface area contributed by atoms with E-state index in [4.69, 9.17) is 27.9 Å². The third-order valence-corrected chi connectivity index (χ3v) is 7.01. The van der Waals surface area contributed by atoms with Gasteiger partial charge in [0.25, 0.3) is 5.91 Å². The number of cyclic esters (lactones) is 1. The molecule has 0 aliphatic carbocycles. The third-order valence-electron chi connectivity index (χ3n) is 6.27. The van der Waals surface area contributed by atoms with Crippen molar-refractivity contribution < 1.29 is 23.9 Å². The molecule has 1 amide bonds. The zero-order chi connectivity index (χ0) is 26.8. The second-order valence-electron chi connectivity index (χ2n) is 8.61. The third kappa shape index (κ3) is 4.84. The number of amides is 1. The van der Waals surface area contributed by atoms with Crippen LogP contribution in [0.5, 0.6) is 0 Å². The minimum Gasteiger partial charge on any atom is -0.453 e. The Morgan fingerprint density at radius 1 is 0.763 bits per heavy atom. The standard InChI is InChI=1S/C30H19Cl2NO5/c31-23-15-14-18(16-24(23)32)33-29(36)27(35)25(28-21-12-6-7-13-22(21)30(37)38-28)26(34)20-11-5-4-10-19(20)17-8-2-1-3-9-17/h1-16,25,28H,(H,33,36). The molecule has 1 heterocycles. The highest BCUT2D eigenvalue weighted by Gasteiger charge is 2.46. The topological polar surface area (TPSA) is 89.5 Å². The molecule has 2 atom stereocenters. The summed E-state index contributed by atoms with van der Waals surface area (Å²) >= 11 is 12.0. The van der Waals surface area contributed by atoms with Crippen LogP contribution in [0.4, 0.5) is 5.69 Å². The summed E-state index contributed by atoms with van der Waals surface area (Å²) in [5.41, 5.74) is 2.38. The van der Waals surface area contributed by atoms with Gasteiger partial charge in [-0.2, -0.15) is 0 Å². The first-order valence-electron chi connectivity index (χ1n) is 11.6. The molecule has 0 radical (unpaired) electrons. The molecule has 1 N–H and O–H groups in total. The fourth-order valence-corrected chi connectivity index (χ4v) is 4.76. The summed E-state index contributed by atoms with van der Waals surface area (Å²) in [4.78, 5) is 53.6. The summed E-state index contributed by atoms with van der Waals surface area (Å²) in [6.07, 6.45) is -1.28. The van der Waals surface area contributed by atoms with E-state index in [9.17, 15) is 19.2 Å². The summed E-state index contributed by atoms with van der Waals surface area (Å²) in [6.45, 7) is 0. The number of anilines is 1. The first kappa shape index (κ1) is 25.4. The van der Waals surface area contributed by atoms with Crippen LogP contribution in [-0.2, 0) is 14.3 Å². The average Bonchev–Trinajstić information content (AvgIpc) is 3.27. The lowest BCUT2D eigenvalue weighted by Gasteiger charge is -2.22. The van der Waals surface area contributed by atoms with Crippen LogP contribution in [0, 0.1) is 5.92 Å². The van der Waals surface area contributed by atoms with E-state index in [1.165, 1.54) is 18.2 Å². The van der Waals surface area contributed by atoms with Crippen LogP contribution in [0.15, 0.2) is 97.1 Å². The van der Waals surface area contributed by atoms with Crippen molar-refractivity contribution in [3.63, 3.8) is 0 Å². The average molecular weight is 544 g/mol. The Morgan fingerprint density at radius 3 is 2.16 bits per heavy atom. The maximum absolute atomic E-state index is 14.1. The lowest BCUT2D eigenvalue weighted by atomic mass is 9.82. The van der Waals surface area contributed by atoms with Gasteiger partial charge in [0.05, 0.1) is 15.6 Å². The molecule has 2 unspecified atom stereocenters. The maximum Gasteiger partial charge on any atom is 0.339 e. The zero-order valence-electron chi connectivity index (χ0n) is 19.7. The van der Waals surface area contributed by atoms with E-state index in [0.717, 1.165) is 5.56 Å². The smallest absolute Gasteiger partial charge is 0.339 e. The molecular weight excluding hydrogens is 525 g/mol. The number of ketones is 2. The predicted molar refractivity (Wildman–Crippen MR) is 144 cm³/mol. The van der Waals surface area contributed by atoms with Gasteiger partial charge in [-0.05, 0) is 35.4 Å². The molecule has 8 heteroatoms. The normalized spacial score (nSPS) is 14.8. The van der Waals surface area contributed by atoms with Gasteiger partial charge in [0.2, 0.25) is 5.78 Å². The van der Waals surface area contributed by atoms with Crippen LogP contribution in [-0.4, -0.2) is 23.4 Å². The SMILES string of the molecule is O=C(Nc1ccc(Cl)c(Cl)c1)C(=O)C(C(=O)c1ccccc1-c1ccccc1)C1OC(=O)c2ccccc21. The molecule has 38 heavy (non-hydrogen) atoms. The van der Waals surface area contributed by atoms with E-state index in [-0.39, 0.29) is 26.9 Å². The number of hydrogen-bond acceptors (Lipinski definition) is 5. The second kappa shape index (κ2) is 10.6. The van der Waals surface area contributed by atoms with Gasteiger partial charge >= 0.3 is 5.97 Å². The number of rotatable bonds is 7. The summed E-state index contributed by atoms with van der Waals surface area (Å²) in [5, 5.41) is 2.93. The number of carbonyl (C=O) groups is 4. The van der Waals surface area contributed by atoms with Gasteiger partial charge in [0.1, 0.15) is 12.0 Å². The van der Waals surface area contributed by atoms with Crippen molar-refractivity contribution in [1.29, 1.82) is 0 Å². The van der Waals surface area contributed by atoms with Crippen molar-refractivity contribution in [2.45, 2.75) is 6.10 Å². The van der Waals surface area contributed by atoms with Gasteiger partial charge in [-0.3, -0.25) is 14.4 Å². The van der Waals surface area contributed by atoms with E-state index in [0.29, 0.717) is 11.1 Å². The van der Waals surface area contributed by atoms with Gasteiger partial charge in [-0.15, -0.1) is 0 Å². The Hall–Kier alpha value is -4.26. The van der Waals surface area contributed by atoms with Gasteiger partial charge in [-0.25, -0.2) is 4.79 Å². The Morgan fingerprint density at radius 2 is 1.42 bits per heavy atom. The number of benzene rings is 4.